The van der Waals surface area contributed by atoms with E-state index in [0.29, 0.717) is 16.9 Å². The fraction of sp³-hybridized carbons (Fsp3) is 0.562. The first kappa shape index (κ1) is 14.1. The summed E-state index contributed by atoms with van der Waals surface area (Å²) in [5.41, 5.74) is 8.01. The number of hydrogen-bond acceptors (Lipinski definition) is 2. The van der Waals surface area contributed by atoms with Crippen LogP contribution >= 0.6 is 0 Å². The van der Waals surface area contributed by atoms with E-state index in [1.54, 1.807) is 6.07 Å². The highest BCUT2D eigenvalue weighted by atomic mass is 16.4. The summed E-state index contributed by atoms with van der Waals surface area (Å²) in [6.07, 6.45) is 4.87. The predicted octanol–water partition coefficient (Wildman–Crippen LogP) is 3.45. The van der Waals surface area contributed by atoms with Gasteiger partial charge in [-0.1, -0.05) is 44.5 Å². The second kappa shape index (κ2) is 5.33. The summed E-state index contributed by atoms with van der Waals surface area (Å²) in [6, 6.07) is 6.89. The molecule has 0 saturated heterocycles. The molecule has 1 aromatic carbocycles. The molecule has 1 aromatic rings. The van der Waals surface area contributed by atoms with E-state index in [-0.39, 0.29) is 0 Å². The van der Waals surface area contributed by atoms with Crippen LogP contribution in [0.5, 0.6) is 0 Å². The predicted molar refractivity (Wildman–Crippen MR) is 76.0 cm³/mol. The summed E-state index contributed by atoms with van der Waals surface area (Å²) in [7, 11) is 0. The van der Waals surface area contributed by atoms with Gasteiger partial charge in [-0.2, -0.15) is 0 Å². The van der Waals surface area contributed by atoms with E-state index in [9.17, 15) is 4.79 Å². The zero-order valence-corrected chi connectivity index (χ0v) is 11.7. The number of rotatable bonds is 3. The van der Waals surface area contributed by atoms with Crippen molar-refractivity contribution in [2.24, 2.45) is 11.1 Å². The molecule has 0 aliphatic heterocycles. The van der Waals surface area contributed by atoms with Crippen molar-refractivity contribution in [1.29, 1.82) is 0 Å². The first-order chi connectivity index (χ1) is 8.89. The zero-order valence-electron chi connectivity index (χ0n) is 11.7. The van der Waals surface area contributed by atoms with Crippen LogP contribution < -0.4 is 5.73 Å². The van der Waals surface area contributed by atoms with Gasteiger partial charge in [0.25, 0.3) is 0 Å². The lowest BCUT2D eigenvalue weighted by Crippen LogP contribution is -2.23. The Kier molecular flexibility index (Phi) is 3.95. The van der Waals surface area contributed by atoms with E-state index in [0.717, 1.165) is 0 Å². The highest BCUT2D eigenvalue weighted by Gasteiger charge is 2.29. The number of nitrogens with two attached hydrogens (primary N) is 1. The summed E-state index contributed by atoms with van der Waals surface area (Å²) in [5, 5.41) is 8.99. The highest BCUT2D eigenvalue weighted by Crippen LogP contribution is 2.43. The van der Waals surface area contributed by atoms with Crippen LogP contribution in [0.3, 0.4) is 0 Å². The van der Waals surface area contributed by atoms with E-state index in [4.69, 9.17) is 10.8 Å². The number of hydrogen-bond donors (Lipinski definition) is 2. The molecule has 0 amide bonds. The standard InChI is InChI=1S/C16H23NO2/c1-16(2)8-4-7-13(10-16)11-5-3-6-12(9-11)14(17)15(18)19/h3,5-6,9,13-14H,4,7-8,10,17H2,1-2H3,(H,18,19). The summed E-state index contributed by atoms with van der Waals surface area (Å²) in [5.74, 6) is -0.439. The van der Waals surface area contributed by atoms with E-state index in [1.807, 2.05) is 12.1 Å². The van der Waals surface area contributed by atoms with Crippen LogP contribution in [0.1, 0.15) is 62.6 Å². The van der Waals surface area contributed by atoms with Crippen LogP contribution in [0.15, 0.2) is 24.3 Å². The zero-order chi connectivity index (χ0) is 14.0. The van der Waals surface area contributed by atoms with Crippen molar-refractivity contribution in [3.8, 4) is 0 Å². The molecule has 0 bridgehead atoms. The van der Waals surface area contributed by atoms with E-state index < -0.39 is 12.0 Å². The summed E-state index contributed by atoms with van der Waals surface area (Å²) >= 11 is 0. The molecule has 104 valence electrons. The lowest BCUT2D eigenvalue weighted by molar-refractivity contribution is -0.138. The van der Waals surface area contributed by atoms with Crippen molar-refractivity contribution in [3.05, 3.63) is 35.4 Å². The lowest BCUT2D eigenvalue weighted by Gasteiger charge is -2.35. The maximum Gasteiger partial charge on any atom is 0.325 e. The average molecular weight is 261 g/mol. The Hall–Kier alpha value is -1.35. The molecular weight excluding hydrogens is 238 g/mol. The normalized spacial score (nSPS) is 23.8. The van der Waals surface area contributed by atoms with Gasteiger partial charge < -0.3 is 10.8 Å². The van der Waals surface area contributed by atoms with Crippen molar-refractivity contribution in [2.75, 3.05) is 0 Å². The monoisotopic (exact) mass is 261 g/mol. The van der Waals surface area contributed by atoms with Gasteiger partial charge in [-0.25, -0.2) is 0 Å². The second-order valence-electron chi connectivity index (χ2n) is 6.44. The van der Waals surface area contributed by atoms with Gasteiger partial charge in [0.05, 0.1) is 0 Å². The van der Waals surface area contributed by atoms with Gasteiger partial charge in [0.2, 0.25) is 0 Å². The molecule has 3 nitrogen and oxygen atoms in total. The second-order valence-corrected chi connectivity index (χ2v) is 6.44. The third kappa shape index (κ3) is 3.35. The third-order valence-corrected chi connectivity index (χ3v) is 4.21. The van der Waals surface area contributed by atoms with Gasteiger partial charge in [0, 0.05) is 0 Å². The molecule has 1 aliphatic rings. The van der Waals surface area contributed by atoms with Crippen molar-refractivity contribution in [1.82, 2.24) is 0 Å². The van der Waals surface area contributed by atoms with Crippen LogP contribution in [-0.4, -0.2) is 11.1 Å². The van der Waals surface area contributed by atoms with Crippen LogP contribution in [0.25, 0.3) is 0 Å². The Balaban J connectivity index is 2.21. The minimum absolute atomic E-state index is 0.383. The minimum atomic E-state index is -0.971. The summed E-state index contributed by atoms with van der Waals surface area (Å²) < 4.78 is 0. The molecule has 2 atom stereocenters. The SMILES string of the molecule is CC1(C)CCCC(c2cccc(C(N)C(=O)O)c2)C1. The van der Waals surface area contributed by atoms with Gasteiger partial charge >= 0.3 is 5.97 Å². The molecule has 0 heterocycles. The van der Waals surface area contributed by atoms with Crippen LogP contribution in [0, 0.1) is 5.41 Å². The molecule has 3 heteroatoms. The van der Waals surface area contributed by atoms with Crippen molar-refractivity contribution in [3.63, 3.8) is 0 Å². The van der Waals surface area contributed by atoms with Gasteiger partial charge in [-0.05, 0) is 41.7 Å². The number of benzene rings is 1. The Morgan fingerprint density at radius 3 is 2.84 bits per heavy atom. The largest absolute Gasteiger partial charge is 0.480 e. The molecule has 1 fully saturated rings. The first-order valence-electron chi connectivity index (χ1n) is 6.97. The minimum Gasteiger partial charge on any atom is -0.480 e. The fourth-order valence-electron chi connectivity index (χ4n) is 3.13. The average Bonchev–Trinajstić information content (AvgIpc) is 2.36. The van der Waals surface area contributed by atoms with Crippen LogP contribution in [0.4, 0.5) is 0 Å². The Bertz CT molecular complexity index is 468. The first-order valence-corrected chi connectivity index (χ1v) is 6.97. The van der Waals surface area contributed by atoms with Crippen LogP contribution in [-0.2, 0) is 4.79 Å². The number of carboxylic acid groups (broad SMARTS) is 1. The Labute approximate surface area is 114 Å². The maximum atomic E-state index is 11.0. The van der Waals surface area contributed by atoms with Gasteiger partial charge in [-0.3, -0.25) is 4.79 Å². The molecule has 0 radical (unpaired) electrons. The van der Waals surface area contributed by atoms with E-state index in [1.165, 1.54) is 31.2 Å². The lowest BCUT2D eigenvalue weighted by atomic mass is 9.70. The number of carboxylic acids is 1. The molecule has 3 N–H and O–H groups in total. The molecule has 2 unspecified atom stereocenters. The quantitative estimate of drug-likeness (QED) is 0.876. The molecule has 1 saturated carbocycles. The fourth-order valence-corrected chi connectivity index (χ4v) is 3.13. The van der Waals surface area contributed by atoms with Crippen molar-refractivity contribution >= 4 is 5.97 Å². The van der Waals surface area contributed by atoms with E-state index in [2.05, 4.69) is 19.9 Å². The van der Waals surface area contributed by atoms with Crippen molar-refractivity contribution in [2.45, 2.75) is 51.5 Å². The molecule has 0 spiro atoms. The summed E-state index contributed by atoms with van der Waals surface area (Å²) in [4.78, 5) is 11.0. The Morgan fingerprint density at radius 1 is 1.47 bits per heavy atom. The molecular formula is C16H23NO2. The highest BCUT2D eigenvalue weighted by molar-refractivity contribution is 5.75. The van der Waals surface area contributed by atoms with Gasteiger partial charge in [0.15, 0.2) is 0 Å². The smallest absolute Gasteiger partial charge is 0.325 e. The molecule has 0 aromatic heterocycles. The number of aliphatic carboxylic acids is 1. The third-order valence-electron chi connectivity index (χ3n) is 4.21. The maximum absolute atomic E-state index is 11.0. The van der Waals surface area contributed by atoms with Crippen molar-refractivity contribution < 1.29 is 9.90 Å². The topological polar surface area (TPSA) is 63.3 Å². The van der Waals surface area contributed by atoms with Gasteiger partial charge in [0.1, 0.15) is 6.04 Å². The molecule has 1 aliphatic carbocycles. The number of carbonyl (C=O) groups is 1. The molecule has 2 rings (SSSR count). The van der Waals surface area contributed by atoms with E-state index >= 15 is 0 Å². The summed E-state index contributed by atoms with van der Waals surface area (Å²) in [6.45, 7) is 4.62. The van der Waals surface area contributed by atoms with Gasteiger partial charge in [-0.15, -0.1) is 0 Å². The Morgan fingerprint density at radius 2 is 2.21 bits per heavy atom. The molecule has 19 heavy (non-hydrogen) atoms. The van der Waals surface area contributed by atoms with Crippen LogP contribution in [0.2, 0.25) is 0 Å².